The first kappa shape index (κ1) is 38.8. The highest BCUT2D eigenvalue weighted by Gasteiger charge is 2.61. The molecule has 1 aromatic heterocycles. The molecular weight excluding hydrogens is 746 g/mol. The lowest BCUT2D eigenvalue weighted by Crippen LogP contribution is -2.53. The topological polar surface area (TPSA) is 183 Å². The lowest BCUT2D eigenvalue weighted by Gasteiger charge is -2.42. The van der Waals surface area contributed by atoms with Crippen molar-refractivity contribution in [3.05, 3.63) is 86.0 Å². The number of piperidine rings is 1. The maximum Gasteiger partial charge on any atom is 0.250 e. The van der Waals surface area contributed by atoms with E-state index in [4.69, 9.17) is 30.5 Å². The van der Waals surface area contributed by atoms with Gasteiger partial charge in [0.05, 0.1) is 21.3 Å². The predicted molar refractivity (Wildman–Crippen MR) is 203 cm³/mol. The molecule has 2 aromatic carbocycles. The fourth-order valence-electron chi connectivity index (χ4n) is 8.82. The summed E-state index contributed by atoms with van der Waals surface area (Å²) in [5.41, 5.74) is -1.02. The molecule has 296 valence electrons. The van der Waals surface area contributed by atoms with Crippen LogP contribution >= 0.6 is 11.6 Å². The van der Waals surface area contributed by atoms with Crippen LogP contribution in [0.1, 0.15) is 72.5 Å². The average Bonchev–Trinajstić information content (AvgIpc) is 3.50. The molecule has 0 radical (unpaired) electrons. The number of nitrogens with zero attached hydrogens (tertiary/aromatic N) is 2. The molecule has 7 rings (SSSR count). The molecule has 56 heavy (non-hydrogen) atoms. The van der Waals surface area contributed by atoms with E-state index in [1.807, 2.05) is 15.5 Å². The smallest absolute Gasteiger partial charge is 0.250 e. The molecule has 3 N–H and O–H groups in total. The van der Waals surface area contributed by atoms with Crippen LogP contribution in [-0.4, -0.2) is 89.6 Å². The fourth-order valence-corrected chi connectivity index (χ4v) is 9.08. The molecular formula is C41H44ClN3O11. The van der Waals surface area contributed by atoms with E-state index in [-0.39, 0.29) is 94.0 Å². The van der Waals surface area contributed by atoms with Crippen molar-refractivity contribution in [1.82, 2.24) is 14.8 Å². The quantitative estimate of drug-likeness (QED) is 0.229. The van der Waals surface area contributed by atoms with Crippen molar-refractivity contribution in [2.45, 2.75) is 63.0 Å². The van der Waals surface area contributed by atoms with Crippen molar-refractivity contribution in [2.75, 3.05) is 41.0 Å². The van der Waals surface area contributed by atoms with Crippen molar-refractivity contribution >= 4 is 35.0 Å². The normalized spacial score (nSPS) is 22.9. The summed E-state index contributed by atoms with van der Waals surface area (Å²) in [7, 11) is 4.10. The summed E-state index contributed by atoms with van der Waals surface area (Å²) >= 11 is 6.61. The number of amides is 2. The number of rotatable bonds is 11. The van der Waals surface area contributed by atoms with Crippen LogP contribution in [0.15, 0.2) is 58.6 Å². The van der Waals surface area contributed by atoms with Gasteiger partial charge in [-0.3, -0.25) is 24.0 Å². The van der Waals surface area contributed by atoms with Crippen LogP contribution in [0, 0.1) is 11.8 Å². The first-order chi connectivity index (χ1) is 26.8. The monoisotopic (exact) mass is 789 g/mol. The Labute approximate surface area is 327 Å². The van der Waals surface area contributed by atoms with Crippen molar-refractivity contribution in [2.24, 2.45) is 11.8 Å². The van der Waals surface area contributed by atoms with E-state index in [1.165, 1.54) is 45.6 Å². The van der Waals surface area contributed by atoms with E-state index in [9.17, 15) is 34.2 Å². The molecule has 3 aromatic rings. The highest BCUT2D eigenvalue weighted by atomic mass is 35.5. The van der Waals surface area contributed by atoms with Crippen LogP contribution < -0.4 is 29.8 Å². The number of benzene rings is 2. The van der Waals surface area contributed by atoms with Crippen LogP contribution in [0.4, 0.5) is 0 Å². The number of likely N-dealkylation sites (tertiary alicyclic amines) is 1. The third-order valence-electron chi connectivity index (χ3n) is 11.6. The number of aromatic nitrogens is 1. The first-order valence-corrected chi connectivity index (χ1v) is 19.0. The number of hydrogen-bond donors (Lipinski definition) is 3. The number of allylic oxidation sites excluding steroid dienone is 1. The second kappa shape index (κ2) is 15.2. The summed E-state index contributed by atoms with van der Waals surface area (Å²) < 4.78 is 24.3. The third-order valence-corrected chi connectivity index (χ3v) is 11.9. The Balaban J connectivity index is 1.11. The highest BCUT2D eigenvalue weighted by molar-refractivity contribution is 6.35. The Morgan fingerprint density at radius 1 is 1.00 bits per heavy atom. The number of ketones is 2. The number of fused-ring (bicyclic) bond motifs is 5. The SMILES string of the molecule is COc1cc(C(CC(=O)NCCCC(=O)N2CC3CC(C2)c2cccc(=O)n2C3)C2=C(O)[C@@]3(Oc4c(Cl)c(OC)cc(OC)c4C3=O)[C@H](C)CC2=O)ccc1O. The number of Topliss-reactive ketones (excluding diaryl/α,β-unsaturated/α-hetero) is 2. The Kier molecular flexibility index (Phi) is 10.5. The van der Waals surface area contributed by atoms with Gasteiger partial charge in [0, 0.05) is 86.6 Å². The van der Waals surface area contributed by atoms with Gasteiger partial charge < -0.3 is 43.9 Å². The second-order valence-electron chi connectivity index (χ2n) is 14.9. The van der Waals surface area contributed by atoms with Gasteiger partial charge in [0.15, 0.2) is 28.8 Å². The van der Waals surface area contributed by atoms with Crippen molar-refractivity contribution in [1.29, 1.82) is 0 Å². The number of aromatic hydroxyl groups is 1. The number of pyridine rings is 1. The van der Waals surface area contributed by atoms with Gasteiger partial charge in [0.2, 0.25) is 23.2 Å². The Bertz CT molecular complexity index is 2220. The molecule has 5 atom stereocenters. The summed E-state index contributed by atoms with van der Waals surface area (Å²) in [5, 5.41) is 25.4. The van der Waals surface area contributed by atoms with Gasteiger partial charge in [-0.2, -0.15) is 0 Å². The summed E-state index contributed by atoms with van der Waals surface area (Å²) in [6.07, 6.45) is 0.915. The van der Waals surface area contributed by atoms with Gasteiger partial charge in [-0.25, -0.2) is 0 Å². The zero-order valence-corrected chi connectivity index (χ0v) is 32.3. The zero-order chi connectivity index (χ0) is 40.1. The molecule has 1 saturated heterocycles. The number of carbonyl (C=O) groups excluding carboxylic acids is 4. The molecule has 4 aliphatic rings. The Hall–Kier alpha value is -5.50. The van der Waals surface area contributed by atoms with Crippen LogP contribution in [0.5, 0.6) is 28.7 Å². The number of halogens is 1. The lowest BCUT2D eigenvalue weighted by atomic mass is 9.69. The summed E-state index contributed by atoms with van der Waals surface area (Å²) in [5.74, 6) is -3.95. The minimum absolute atomic E-state index is 0.0185. The van der Waals surface area contributed by atoms with Gasteiger partial charge in [-0.05, 0) is 42.5 Å². The molecule has 4 heterocycles. The van der Waals surface area contributed by atoms with Crippen molar-refractivity contribution in [3.63, 3.8) is 0 Å². The predicted octanol–water partition coefficient (Wildman–Crippen LogP) is 4.68. The Morgan fingerprint density at radius 2 is 1.75 bits per heavy atom. The molecule has 3 aliphatic heterocycles. The summed E-state index contributed by atoms with van der Waals surface area (Å²) in [6, 6.07) is 11.0. The fraction of sp³-hybridized carbons (Fsp3) is 0.439. The standard InChI is InChI=1S/C41H44ClN3O11/c1-21-13-28(47)35(39(51)41(21)40(52)36-30(54-3)17-31(55-4)37(42)38(36)56-41)25(23-10-11-27(46)29(15-23)53-2)16-32(48)43-12-6-9-33(49)44-18-22-14-24(20-44)26-7-5-8-34(50)45(26)19-22/h5,7-8,10-11,15,17,21-22,24-25,46,51H,6,9,12-14,16,18-20H2,1-4H3,(H,43,48)/t21-,22?,24?,25?,41+/m1/s1. The molecule has 0 saturated carbocycles. The van der Waals surface area contributed by atoms with Gasteiger partial charge in [-0.1, -0.05) is 30.7 Å². The number of ether oxygens (including phenoxy) is 4. The molecule has 2 amide bonds. The molecule has 1 spiro atoms. The molecule has 1 fully saturated rings. The van der Waals surface area contributed by atoms with E-state index in [1.54, 1.807) is 19.1 Å². The van der Waals surface area contributed by atoms with Gasteiger partial charge >= 0.3 is 0 Å². The number of phenolic OH excluding ortho intramolecular Hbond substituents is 1. The number of hydrogen-bond acceptors (Lipinski definition) is 11. The lowest BCUT2D eigenvalue weighted by molar-refractivity contribution is -0.134. The molecule has 14 nitrogen and oxygen atoms in total. The van der Waals surface area contributed by atoms with Crippen LogP contribution in [0.2, 0.25) is 5.02 Å². The highest BCUT2D eigenvalue weighted by Crippen LogP contribution is 2.56. The van der Waals surface area contributed by atoms with Crippen molar-refractivity contribution in [3.8, 4) is 28.7 Å². The average molecular weight is 790 g/mol. The van der Waals surface area contributed by atoms with E-state index >= 15 is 0 Å². The van der Waals surface area contributed by atoms with Crippen LogP contribution in [0.3, 0.4) is 0 Å². The van der Waals surface area contributed by atoms with Gasteiger partial charge in [0.1, 0.15) is 22.1 Å². The largest absolute Gasteiger partial charge is 0.507 e. The van der Waals surface area contributed by atoms with E-state index in [2.05, 4.69) is 5.32 Å². The molecule has 3 unspecified atom stereocenters. The number of aliphatic hydroxyl groups excluding tert-OH is 1. The zero-order valence-electron chi connectivity index (χ0n) is 31.6. The maximum atomic E-state index is 14.4. The number of aliphatic hydroxyl groups is 1. The van der Waals surface area contributed by atoms with E-state index < -0.39 is 40.7 Å². The van der Waals surface area contributed by atoms with Crippen LogP contribution in [-0.2, 0) is 20.9 Å². The molecule has 15 heteroatoms. The van der Waals surface area contributed by atoms with Crippen LogP contribution in [0.25, 0.3) is 0 Å². The third kappa shape index (κ3) is 6.53. The van der Waals surface area contributed by atoms with E-state index in [0.717, 1.165) is 12.1 Å². The number of methoxy groups -OCH3 is 3. The maximum absolute atomic E-state index is 14.4. The Morgan fingerprint density at radius 3 is 2.48 bits per heavy atom. The van der Waals surface area contributed by atoms with Gasteiger partial charge in [0.25, 0.3) is 5.56 Å². The first-order valence-electron chi connectivity index (χ1n) is 18.6. The van der Waals surface area contributed by atoms with Gasteiger partial charge in [-0.15, -0.1) is 0 Å². The number of carbonyl (C=O) groups is 4. The molecule has 2 bridgehead atoms. The minimum Gasteiger partial charge on any atom is -0.507 e. The number of phenols is 1. The second-order valence-corrected chi connectivity index (χ2v) is 15.3. The number of nitrogens with one attached hydrogen (secondary N) is 1. The summed E-state index contributed by atoms with van der Waals surface area (Å²) in [6.45, 7) is 3.44. The van der Waals surface area contributed by atoms with E-state index in [0.29, 0.717) is 31.6 Å². The minimum atomic E-state index is -2.07. The summed E-state index contributed by atoms with van der Waals surface area (Å²) in [4.78, 5) is 69.6. The van der Waals surface area contributed by atoms with Crippen molar-refractivity contribution < 1.29 is 48.3 Å². The molecule has 1 aliphatic carbocycles.